The fourth-order valence-electron chi connectivity index (χ4n) is 1.59. The summed E-state index contributed by atoms with van der Waals surface area (Å²) in [6, 6.07) is 1.16. The first kappa shape index (κ1) is 10.9. The molecule has 0 amide bonds. The van der Waals surface area contributed by atoms with Crippen molar-refractivity contribution >= 4 is 5.69 Å². The topological polar surface area (TPSA) is 75.4 Å². The molecule has 86 valence electrons. The number of nitro groups is 1. The Bertz CT molecular complexity index is 460. The fourth-order valence-corrected chi connectivity index (χ4v) is 1.59. The number of nitrogens with zero attached hydrogens (tertiary/aromatic N) is 1. The van der Waals surface area contributed by atoms with Gasteiger partial charge in [-0.25, -0.2) is 4.39 Å². The van der Waals surface area contributed by atoms with Gasteiger partial charge >= 0.3 is 5.69 Å². The van der Waals surface area contributed by atoms with Crippen LogP contribution < -0.4 is 5.32 Å². The van der Waals surface area contributed by atoms with E-state index in [2.05, 4.69) is 5.32 Å². The van der Waals surface area contributed by atoms with Crippen LogP contribution in [0, 0.1) is 21.7 Å². The molecule has 1 fully saturated rings. The lowest BCUT2D eigenvalue weighted by Gasteiger charge is -2.38. The maximum absolute atomic E-state index is 13.4. The van der Waals surface area contributed by atoms with Crippen molar-refractivity contribution in [1.82, 2.24) is 5.32 Å². The van der Waals surface area contributed by atoms with Crippen LogP contribution in [0.5, 0.6) is 0 Å². The zero-order valence-corrected chi connectivity index (χ0v) is 8.04. The molecule has 0 bridgehead atoms. The first-order valence-electron chi connectivity index (χ1n) is 4.51. The van der Waals surface area contributed by atoms with Gasteiger partial charge in [0.05, 0.1) is 11.0 Å². The van der Waals surface area contributed by atoms with E-state index in [0.717, 1.165) is 0 Å². The van der Waals surface area contributed by atoms with Crippen molar-refractivity contribution in [2.24, 2.45) is 0 Å². The second-order valence-electron chi connectivity index (χ2n) is 3.68. The Morgan fingerprint density at radius 1 is 1.38 bits per heavy atom. The van der Waals surface area contributed by atoms with Gasteiger partial charge in [-0.2, -0.15) is 4.39 Å². The van der Waals surface area contributed by atoms with Gasteiger partial charge in [0.15, 0.2) is 0 Å². The Kier molecular flexibility index (Phi) is 2.36. The summed E-state index contributed by atoms with van der Waals surface area (Å²) in [6.45, 7) is 0.197. The van der Waals surface area contributed by atoms with Gasteiger partial charge < -0.3 is 10.4 Å². The lowest BCUT2D eigenvalue weighted by Crippen LogP contribution is -2.57. The molecule has 16 heavy (non-hydrogen) atoms. The third-order valence-corrected chi connectivity index (χ3v) is 2.57. The predicted octanol–water partition coefficient (Wildman–Crippen LogP) is 0.664. The minimum Gasteiger partial charge on any atom is -0.382 e. The van der Waals surface area contributed by atoms with Gasteiger partial charge in [-0.15, -0.1) is 0 Å². The van der Waals surface area contributed by atoms with Gasteiger partial charge in [-0.1, -0.05) is 0 Å². The SMILES string of the molecule is O=[N+]([O-])c1cc(F)c(C2(O)CNC2)cc1F. The van der Waals surface area contributed by atoms with E-state index in [1.54, 1.807) is 0 Å². The number of hydrogen-bond acceptors (Lipinski definition) is 4. The predicted molar refractivity (Wildman–Crippen MR) is 49.8 cm³/mol. The van der Waals surface area contributed by atoms with Crippen LogP contribution in [0.3, 0.4) is 0 Å². The Balaban J connectivity index is 2.49. The van der Waals surface area contributed by atoms with Crippen molar-refractivity contribution in [2.75, 3.05) is 13.1 Å². The molecule has 5 nitrogen and oxygen atoms in total. The van der Waals surface area contributed by atoms with Crippen LogP contribution in [0.1, 0.15) is 5.56 Å². The van der Waals surface area contributed by atoms with Crippen LogP contribution in [-0.2, 0) is 5.60 Å². The Morgan fingerprint density at radius 3 is 2.44 bits per heavy atom. The Labute approximate surface area is 88.8 Å². The number of β-amino-alcohol motifs (C(OH)–C–C–N with tert-alkyl or cyclic N) is 1. The molecule has 0 atom stereocenters. The highest BCUT2D eigenvalue weighted by atomic mass is 19.1. The van der Waals surface area contributed by atoms with Crippen LogP contribution in [-0.4, -0.2) is 23.1 Å². The van der Waals surface area contributed by atoms with E-state index >= 15 is 0 Å². The number of hydrogen-bond donors (Lipinski definition) is 2. The first-order chi connectivity index (χ1) is 7.44. The average molecular weight is 230 g/mol. The van der Waals surface area contributed by atoms with Crippen molar-refractivity contribution in [1.29, 1.82) is 0 Å². The van der Waals surface area contributed by atoms with Gasteiger partial charge in [0.25, 0.3) is 0 Å². The van der Waals surface area contributed by atoms with E-state index < -0.39 is 27.8 Å². The summed E-state index contributed by atoms with van der Waals surface area (Å²) in [5.74, 6) is -2.13. The van der Waals surface area contributed by atoms with Crippen molar-refractivity contribution in [3.63, 3.8) is 0 Å². The van der Waals surface area contributed by atoms with Gasteiger partial charge in [0.2, 0.25) is 5.82 Å². The zero-order chi connectivity index (χ0) is 11.9. The lowest BCUT2D eigenvalue weighted by molar-refractivity contribution is -0.387. The second-order valence-corrected chi connectivity index (χ2v) is 3.68. The van der Waals surface area contributed by atoms with E-state index in [1.165, 1.54) is 0 Å². The molecule has 1 aromatic carbocycles. The second kappa shape index (κ2) is 3.46. The number of nitro benzene ring substituents is 1. The number of nitrogens with one attached hydrogen (secondary N) is 1. The lowest BCUT2D eigenvalue weighted by atomic mass is 9.87. The molecule has 0 unspecified atom stereocenters. The minimum absolute atomic E-state index is 0.0984. The molecule has 1 heterocycles. The third-order valence-electron chi connectivity index (χ3n) is 2.57. The number of aliphatic hydroxyl groups is 1. The van der Waals surface area contributed by atoms with E-state index in [1.807, 2.05) is 0 Å². The summed E-state index contributed by atoms with van der Waals surface area (Å²) >= 11 is 0. The quantitative estimate of drug-likeness (QED) is 0.578. The van der Waals surface area contributed by atoms with Crippen molar-refractivity contribution in [3.8, 4) is 0 Å². The molecule has 1 aliphatic rings. The van der Waals surface area contributed by atoms with E-state index in [4.69, 9.17) is 0 Å². The molecule has 0 aliphatic carbocycles. The third kappa shape index (κ3) is 1.54. The number of benzene rings is 1. The number of halogens is 2. The summed E-state index contributed by atoms with van der Waals surface area (Å²) in [5.41, 5.74) is -2.66. The van der Waals surface area contributed by atoms with Crippen molar-refractivity contribution in [2.45, 2.75) is 5.60 Å². The highest BCUT2D eigenvalue weighted by Crippen LogP contribution is 2.31. The highest BCUT2D eigenvalue weighted by molar-refractivity contribution is 5.39. The van der Waals surface area contributed by atoms with Gasteiger partial charge in [-0.3, -0.25) is 10.1 Å². The summed E-state index contributed by atoms with van der Waals surface area (Å²) in [7, 11) is 0. The van der Waals surface area contributed by atoms with Crippen LogP contribution in [0.15, 0.2) is 12.1 Å². The monoisotopic (exact) mass is 230 g/mol. The maximum Gasteiger partial charge on any atom is 0.307 e. The van der Waals surface area contributed by atoms with Gasteiger partial charge in [-0.05, 0) is 6.07 Å². The molecule has 0 radical (unpaired) electrons. The van der Waals surface area contributed by atoms with Crippen LogP contribution in [0.2, 0.25) is 0 Å². The molecular formula is C9H8F2N2O3. The smallest absolute Gasteiger partial charge is 0.307 e. The average Bonchev–Trinajstić information content (AvgIpc) is 2.17. The number of rotatable bonds is 2. The van der Waals surface area contributed by atoms with Crippen molar-refractivity contribution < 1.29 is 18.8 Å². The van der Waals surface area contributed by atoms with Gasteiger partial charge in [0, 0.05) is 18.7 Å². The van der Waals surface area contributed by atoms with Crippen LogP contribution in [0.4, 0.5) is 14.5 Å². The summed E-state index contributed by atoms with van der Waals surface area (Å²) in [5, 5.41) is 22.8. The molecular weight excluding hydrogens is 222 g/mol. The molecule has 0 saturated carbocycles. The zero-order valence-electron chi connectivity index (χ0n) is 8.04. The fraction of sp³-hybridized carbons (Fsp3) is 0.333. The highest BCUT2D eigenvalue weighted by Gasteiger charge is 2.39. The van der Waals surface area contributed by atoms with E-state index in [-0.39, 0.29) is 18.7 Å². The molecule has 2 rings (SSSR count). The Hall–Kier alpha value is -1.60. The van der Waals surface area contributed by atoms with E-state index in [9.17, 15) is 24.0 Å². The van der Waals surface area contributed by atoms with Crippen molar-refractivity contribution in [3.05, 3.63) is 39.4 Å². The molecule has 1 aromatic rings. The molecule has 2 N–H and O–H groups in total. The maximum atomic E-state index is 13.4. The summed E-state index contributed by atoms with van der Waals surface area (Å²) in [6.07, 6.45) is 0. The first-order valence-corrected chi connectivity index (χ1v) is 4.51. The largest absolute Gasteiger partial charge is 0.382 e. The van der Waals surface area contributed by atoms with E-state index in [0.29, 0.717) is 12.1 Å². The van der Waals surface area contributed by atoms with Gasteiger partial charge in [0.1, 0.15) is 11.4 Å². The standard InChI is InChI=1S/C9H8F2N2O3/c10-6-2-8(13(15)16)7(11)1-5(6)9(14)3-12-4-9/h1-2,12,14H,3-4H2. The summed E-state index contributed by atoms with van der Waals surface area (Å²) < 4.78 is 26.7. The molecule has 0 aromatic heterocycles. The molecule has 1 saturated heterocycles. The summed E-state index contributed by atoms with van der Waals surface area (Å²) in [4.78, 5) is 9.33. The molecule has 0 spiro atoms. The molecule has 7 heteroatoms. The Morgan fingerprint density at radius 2 is 2.00 bits per heavy atom. The molecule has 1 aliphatic heterocycles. The van der Waals surface area contributed by atoms with Crippen LogP contribution in [0.25, 0.3) is 0 Å². The van der Waals surface area contributed by atoms with Crippen LogP contribution >= 0.6 is 0 Å². The minimum atomic E-state index is -1.47. The normalized spacial score (nSPS) is 17.9.